The zero-order valence-electron chi connectivity index (χ0n) is 13.9. The van der Waals surface area contributed by atoms with Gasteiger partial charge in [-0.25, -0.2) is 0 Å². The van der Waals surface area contributed by atoms with Gasteiger partial charge in [-0.15, -0.1) is 0 Å². The molecule has 0 fully saturated rings. The maximum Gasteiger partial charge on any atom is 0.246 e. The van der Waals surface area contributed by atoms with Gasteiger partial charge in [-0.2, -0.15) is 0 Å². The van der Waals surface area contributed by atoms with Crippen molar-refractivity contribution >= 4 is 5.91 Å². The van der Waals surface area contributed by atoms with Gasteiger partial charge >= 0.3 is 0 Å². The molecule has 3 heteroatoms. The maximum atomic E-state index is 12.1. The fraction of sp³-hybridized carbons (Fsp3) is 0.526. The number of para-hydroxylation sites is 1. The number of allylic oxidation sites excluding steroid dienone is 1. The Morgan fingerprint density at radius 1 is 1.14 bits per heavy atom. The van der Waals surface area contributed by atoms with E-state index in [1.807, 2.05) is 43.3 Å². The molecule has 0 bridgehead atoms. The number of benzene rings is 1. The van der Waals surface area contributed by atoms with Crippen LogP contribution in [-0.2, 0) is 4.79 Å². The van der Waals surface area contributed by atoms with Gasteiger partial charge < -0.3 is 10.1 Å². The second-order valence-corrected chi connectivity index (χ2v) is 5.40. The highest BCUT2D eigenvalue weighted by atomic mass is 16.5. The summed E-state index contributed by atoms with van der Waals surface area (Å²) in [6.45, 7) is 5.16. The summed E-state index contributed by atoms with van der Waals surface area (Å²) in [5, 5.41) is 2.92. The standard InChI is InChI=1S/C19H29NO2/c1-3-5-6-7-9-12-17(4-2)19(21)20-15-16-22-18-13-10-8-11-14-18/h4,8,10-11,13-14H,3,5-7,9,12,15-16H2,1-2H3,(H,20,21). The van der Waals surface area contributed by atoms with E-state index in [0.29, 0.717) is 13.2 Å². The lowest BCUT2D eigenvalue weighted by Gasteiger charge is -2.10. The number of carbonyl (C=O) groups is 1. The summed E-state index contributed by atoms with van der Waals surface area (Å²) < 4.78 is 5.56. The van der Waals surface area contributed by atoms with Gasteiger partial charge in [0, 0.05) is 5.57 Å². The first-order chi connectivity index (χ1) is 10.8. The van der Waals surface area contributed by atoms with Crippen molar-refractivity contribution in [3.63, 3.8) is 0 Å². The normalized spacial score (nSPS) is 11.3. The topological polar surface area (TPSA) is 38.3 Å². The van der Waals surface area contributed by atoms with Gasteiger partial charge in [-0.05, 0) is 31.9 Å². The fourth-order valence-electron chi connectivity index (χ4n) is 2.27. The summed E-state index contributed by atoms with van der Waals surface area (Å²) >= 11 is 0. The molecule has 0 unspecified atom stereocenters. The minimum absolute atomic E-state index is 0.0367. The minimum Gasteiger partial charge on any atom is -0.492 e. The maximum absolute atomic E-state index is 12.1. The van der Waals surface area contributed by atoms with Crippen LogP contribution < -0.4 is 10.1 Å². The van der Waals surface area contributed by atoms with Crippen molar-refractivity contribution in [2.75, 3.05) is 13.2 Å². The largest absolute Gasteiger partial charge is 0.492 e. The molecule has 0 atom stereocenters. The Morgan fingerprint density at radius 3 is 2.55 bits per heavy atom. The molecule has 1 rings (SSSR count). The summed E-state index contributed by atoms with van der Waals surface area (Å²) in [6.07, 6.45) is 8.88. The Labute approximate surface area is 134 Å². The third kappa shape index (κ3) is 7.87. The molecule has 0 aliphatic heterocycles. The number of carbonyl (C=O) groups excluding carboxylic acids is 1. The van der Waals surface area contributed by atoms with Crippen molar-refractivity contribution in [2.24, 2.45) is 0 Å². The molecule has 0 aromatic heterocycles. The van der Waals surface area contributed by atoms with Crippen molar-refractivity contribution in [1.82, 2.24) is 5.32 Å². The SMILES string of the molecule is CC=C(CCCCCCC)C(=O)NCCOc1ccccc1. The van der Waals surface area contributed by atoms with Crippen LogP contribution in [0.15, 0.2) is 42.0 Å². The first-order valence-corrected chi connectivity index (χ1v) is 8.39. The number of hydrogen-bond acceptors (Lipinski definition) is 2. The fourth-order valence-corrected chi connectivity index (χ4v) is 2.27. The molecule has 0 saturated heterocycles. The highest BCUT2D eigenvalue weighted by Crippen LogP contribution is 2.11. The molecule has 0 heterocycles. The number of amides is 1. The average Bonchev–Trinajstić information content (AvgIpc) is 2.56. The predicted molar refractivity (Wildman–Crippen MR) is 92.1 cm³/mol. The second-order valence-electron chi connectivity index (χ2n) is 5.40. The van der Waals surface area contributed by atoms with E-state index < -0.39 is 0 Å². The van der Waals surface area contributed by atoms with Crippen LogP contribution in [0.3, 0.4) is 0 Å². The van der Waals surface area contributed by atoms with E-state index in [1.165, 1.54) is 25.7 Å². The Hall–Kier alpha value is -1.77. The molecule has 1 amide bonds. The van der Waals surface area contributed by atoms with Crippen LogP contribution >= 0.6 is 0 Å². The zero-order valence-corrected chi connectivity index (χ0v) is 13.9. The van der Waals surface area contributed by atoms with Crippen LogP contribution in [0.1, 0.15) is 52.4 Å². The third-order valence-corrected chi connectivity index (χ3v) is 3.59. The molecule has 1 aromatic carbocycles. The van der Waals surface area contributed by atoms with E-state index >= 15 is 0 Å². The van der Waals surface area contributed by atoms with Gasteiger partial charge in [-0.3, -0.25) is 4.79 Å². The highest BCUT2D eigenvalue weighted by molar-refractivity contribution is 5.93. The summed E-state index contributed by atoms with van der Waals surface area (Å²) in [6, 6.07) is 9.65. The van der Waals surface area contributed by atoms with Gasteiger partial charge in [0.05, 0.1) is 6.54 Å². The van der Waals surface area contributed by atoms with Gasteiger partial charge in [-0.1, -0.05) is 56.9 Å². The van der Waals surface area contributed by atoms with Crippen LogP contribution in [0.25, 0.3) is 0 Å². The molecule has 1 aromatic rings. The van der Waals surface area contributed by atoms with Gasteiger partial charge in [0.25, 0.3) is 0 Å². The van der Waals surface area contributed by atoms with Crippen molar-refractivity contribution in [1.29, 1.82) is 0 Å². The third-order valence-electron chi connectivity index (χ3n) is 3.59. The number of unbranched alkanes of at least 4 members (excludes halogenated alkanes) is 4. The Bertz CT molecular complexity index is 440. The summed E-state index contributed by atoms with van der Waals surface area (Å²) in [5.74, 6) is 0.869. The molecule has 1 N–H and O–H groups in total. The summed E-state index contributed by atoms with van der Waals surface area (Å²) in [7, 11) is 0. The Balaban J connectivity index is 2.16. The molecule has 0 radical (unpaired) electrons. The number of nitrogens with one attached hydrogen (secondary N) is 1. The zero-order chi connectivity index (χ0) is 16.0. The van der Waals surface area contributed by atoms with E-state index in [2.05, 4.69) is 12.2 Å². The first kappa shape index (κ1) is 18.3. The molecule has 122 valence electrons. The second kappa shape index (κ2) is 11.8. The minimum atomic E-state index is 0.0367. The van der Waals surface area contributed by atoms with Crippen molar-refractivity contribution in [3.05, 3.63) is 42.0 Å². The van der Waals surface area contributed by atoms with E-state index in [0.717, 1.165) is 24.2 Å². The van der Waals surface area contributed by atoms with E-state index in [1.54, 1.807) is 0 Å². The first-order valence-electron chi connectivity index (χ1n) is 8.39. The smallest absolute Gasteiger partial charge is 0.246 e. The van der Waals surface area contributed by atoms with E-state index in [9.17, 15) is 4.79 Å². The van der Waals surface area contributed by atoms with E-state index in [4.69, 9.17) is 4.74 Å². The number of hydrogen-bond donors (Lipinski definition) is 1. The van der Waals surface area contributed by atoms with Crippen molar-refractivity contribution in [3.8, 4) is 5.75 Å². The summed E-state index contributed by atoms with van der Waals surface area (Å²) in [4.78, 5) is 12.1. The van der Waals surface area contributed by atoms with Gasteiger partial charge in [0.15, 0.2) is 0 Å². The summed E-state index contributed by atoms with van der Waals surface area (Å²) in [5.41, 5.74) is 0.885. The molecular formula is C19H29NO2. The molecule has 3 nitrogen and oxygen atoms in total. The van der Waals surface area contributed by atoms with Gasteiger partial charge in [0.2, 0.25) is 5.91 Å². The number of rotatable bonds is 11. The number of ether oxygens (including phenoxy) is 1. The van der Waals surface area contributed by atoms with Crippen molar-refractivity contribution in [2.45, 2.75) is 52.4 Å². The quantitative estimate of drug-likeness (QED) is 0.483. The van der Waals surface area contributed by atoms with Crippen molar-refractivity contribution < 1.29 is 9.53 Å². The van der Waals surface area contributed by atoms with Crippen LogP contribution in [0.5, 0.6) is 5.75 Å². The van der Waals surface area contributed by atoms with Crippen LogP contribution in [-0.4, -0.2) is 19.1 Å². The average molecular weight is 303 g/mol. The van der Waals surface area contributed by atoms with Crippen LogP contribution in [0, 0.1) is 0 Å². The van der Waals surface area contributed by atoms with Gasteiger partial charge in [0.1, 0.15) is 12.4 Å². The Morgan fingerprint density at radius 2 is 1.86 bits per heavy atom. The molecule has 0 aliphatic rings. The molecule has 0 spiro atoms. The highest BCUT2D eigenvalue weighted by Gasteiger charge is 2.07. The molecular weight excluding hydrogens is 274 g/mol. The Kier molecular flexibility index (Phi) is 9.84. The lowest BCUT2D eigenvalue weighted by molar-refractivity contribution is -0.117. The molecule has 0 aliphatic carbocycles. The van der Waals surface area contributed by atoms with E-state index in [-0.39, 0.29) is 5.91 Å². The molecule has 0 saturated carbocycles. The van der Waals surface area contributed by atoms with Crippen LogP contribution in [0.2, 0.25) is 0 Å². The predicted octanol–water partition coefficient (Wildman–Crippen LogP) is 4.49. The molecule has 22 heavy (non-hydrogen) atoms. The lowest BCUT2D eigenvalue weighted by atomic mass is 10.1. The lowest BCUT2D eigenvalue weighted by Crippen LogP contribution is -2.29. The van der Waals surface area contributed by atoms with Crippen LogP contribution in [0.4, 0.5) is 0 Å². The monoisotopic (exact) mass is 303 g/mol.